The number of imidazole rings is 1. The fourth-order valence-corrected chi connectivity index (χ4v) is 7.57. The van der Waals surface area contributed by atoms with E-state index in [1.807, 2.05) is 55.5 Å². The maximum absolute atomic E-state index is 9.91. The van der Waals surface area contributed by atoms with E-state index in [-0.39, 0.29) is 66.5 Å². The van der Waals surface area contributed by atoms with Crippen molar-refractivity contribution in [3.05, 3.63) is 168 Å². The van der Waals surface area contributed by atoms with Crippen LogP contribution in [0.1, 0.15) is 58.3 Å². The van der Waals surface area contributed by atoms with Crippen LogP contribution in [-0.2, 0) is 11.8 Å². The third kappa shape index (κ3) is 4.12. The largest absolute Gasteiger partial charge is 0.296 e. The van der Waals surface area contributed by atoms with Gasteiger partial charge in [0.15, 0.2) is 0 Å². The summed E-state index contributed by atoms with van der Waals surface area (Å²) in [6.45, 7) is 5.32. The van der Waals surface area contributed by atoms with Gasteiger partial charge in [-0.1, -0.05) is 136 Å². The molecule has 1 aliphatic carbocycles. The topological polar surface area (TPSA) is 17.8 Å². The highest BCUT2D eigenvalue weighted by Crippen LogP contribution is 2.51. The molecule has 2 nitrogen and oxygen atoms in total. The Bertz CT molecular complexity index is 3600. The molecule has 0 spiro atoms. The van der Waals surface area contributed by atoms with Crippen LogP contribution < -0.4 is 0 Å². The number of hydrogen-bond acceptors (Lipinski definition) is 1. The monoisotopic (exact) mass is 655 g/mol. The maximum atomic E-state index is 9.91. The van der Waals surface area contributed by atoms with Crippen molar-refractivity contribution in [2.24, 2.45) is 0 Å². The number of hydrogen-bond donors (Lipinski definition) is 0. The molecule has 1 aromatic heterocycles. The first-order valence-corrected chi connectivity index (χ1v) is 16.5. The van der Waals surface area contributed by atoms with Crippen LogP contribution >= 0.6 is 0 Å². The summed E-state index contributed by atoms with van der Waals surface area (Å²) in [5.74, 6) is 0.871. The Hall–Kier alpha value is -5.99. The number of benzene rings is 8. The second-order valence-corrected chi connectivity index (χ2v) is 13.1. The van der Waals surface area contributed by atoms with E-state index in [4.69, 9.17) is 16.0 Å². The van der Waals surface area contributed by atoms with Crippen molar-refractivity contribution >= 4 is 43.4 Å². The number of fused-ring (bicyclic) bond motifs is 7. The highest BCUT2D eigenvalue weighted by atomic mass is 15.1. The fourth-order valence-electron chi connectivity index (χ4n) is 7.57. The zero-order valence-electron chi connectivity index (χ0n) is 42.4. The standard InChI is InChI=1S/C48H36N2/c1-4-45-49-43-19-11-12-20-44(43)50(45)34-25-23-30-27-32(22-21-31(30)28-34)46-37-14-5-7-16-39(37)47(40-17-8-6-15-38(40)46)33-24-26-36-35-13-9-10-18-41(35)48(2,3)42(36)29-33/h5-29H,4H2,1-3H3/i5D,6D,7D,8D,9D,10D,13D,14D,15D,16D,17D,18D,24D,26D,29D. The van der Waals surface area contributed by atoms with Gasteiger partial charge in [-0.05, 0) is 113 Å². The lowest BCUT2D eigenvalue weighted by Gasteiger charge is -2.23. The molecule has 238 valence electrons. The van der Waals surface area contributed by atoms with E-state index >= 15 is 0 Å². The molecule has 0 fully saturated rings. The van der Waals surface area contributed by atoms with E-state index in [1.54, 1.807) is 26.0 Å². The molecular formula is C48H36N2. The molecule has 0 unspecified atom stereocenters. The minimum atomic E-state index is -1.35. The van der Waals surface area contributed by atoms with Gasteiger partial charge in [0.2, 0.25) is 0 Å². The Morgan fingerprint density at radius 3 is 1.98 bits per heavy atom. The van der Waals surface area contributed by atoms with Crippen LogP contribution in [0.5, 0.6) is 0 Å². The van der Waals surface area contributed by atoms with Gasteiger partial charge in [-0.3, -0.25) is 4.57 Å². The molecule has 0 radical (unpaired) electrons. The fraction of sp³-hybridized carbons (Fsp3) is 0.104. The van der Waals surface area contributed by atoms with Gasteiger partial charge < -0.3 is 0 Å². The summed E-state index contributed by atoms with van der Waals surface area (Å²) in [5.41, 5.74) is 1.29. The summed E-state index contributed by atoms with van der Waals surface area (Å²) in [6.07, 6.45) is 0.681. The number of rotatable bonds is 4. The average Bonchev–Trinajstić information content (AvgIpc) is 3.80. The molecule has 0 saturated carbocycles. The molecule has 2 heteroatoms. The molecule has 10 rings (SSSR count). The van der Waals surface area contributed by atoms with Crippen molar-refractivity contribution in [3.63, 3.8) is 0 Å². The lowest BCUT2D eigenvalue weighted by molar-refractivity contribution is 0.660. The Morgan fingerprint density at radius 2 is 1.24 bits per heavy atom. The predicted molar refractivity (Wildman–Crippen MR) is 211 cm³/mol. The smallest absolute Gasteiger partial charge is 0.114 e. The summed E-state index contributed by atoms with van der Waals surface area (Å²) in [7, 11) is 0. The van der Waals surface area contributed by atoms with Crippen molar-refractivity contribution < 1.29 is 20.6 Å². The molecule has 0 bridgehead atoms. The van der Waals surface area contributed by atoms with Crippen molar-refractivity contribution in [2.45, 2.75) is 32.6 Å². The van der Waals surface area contributed by atoms with Crippen molar-refractivity contribution in [1.82, 2.24) is 9.55 Å². The highest BCUT2D eigenvalue weighted by molar-refractivity contribution is 6.21. The van der Waals surface area contributed by atoms with Gasteiger partial charge in [0, 0.05) is 17.5 Å². The molecule has 9 aromatic rings. The summed E-state index contributed by atoms with van der Waals surface area (Å²) in [6, 6.07) is 10.8. The molecule has 0 atom stereocenters. The van der Waals surface area contributed by atoms with Crippen LogP contribution in [0, 0.1) is 0 Å². The summed E-state index contributed by atoms with van der Waals surface area (Å²) >= 11 is 0. The van der Waals surface area contributed by atoms with Crippen LogP contribution in [0.2, 0.25) is 0 Å². The first-order valence-electron chi connectivity index (χ1n) is 24.0. The van der Waals surface area contributed by atoms with Gasteiger partial charge >= 0.3 is 0 Å². The molecule has 0 N–H and O–H groups in total. The Kier molecular flexibility index (Phi) is 3.79. The molecule has 0 amide bonds. The first kappa shape index (κ1) is 17.6. The Labute approximate surface area is 313 Å². The van der Waals surface area contributed by atoms with Crippen LogP contribution in [0.4, 0.5) is 0 Å². The number of para-hydroxylation sites is 2. The van der Waals surface area contributed by atoms with E-state index in [0.717, 1.165) is 33.3 Å². The lowest BCUT2D eigenvalue weighted by Crippen LogP contribution is -2.14. The van der Waals surface area contributed by atoms with Gasteiger partial charge in [0.25, 0.3) is 0 Å². The van der Waals surface area contributed by atoms with E-state index in [0.29, 0.717) is 12.0 Å². The van der Waals surface area contributed by atoms with Crippen LogP contribution in [0.3, 0.4) is 0 Å². The van der Waals surface area contributed by atoms with E-state index in [1.165, 1.54) is 0 Å². The molecule has 1 aliphatic rings. The van der Waals surface area contributed by atoms with Gasteiger partial charge in [-0.2, -0.15) is 0 Å². The highest BCUT2D eigenvalue weighted by Gasteiger charge is 2.35. The molecule has 1 heterocycles. The van der Waals surface area contributed by atoms with Crippen LogP contribution in [0.25, 0.3) is 82.4 Å². The molecule has 0 aliphatic heterocycles. The van der Waals surface area contributed by atoms with Gasteiger partial charge in [0.1, 0.15) is 5.82 Å². The summed E-state index contributed by atoms with van der Waals surface area (Å²) in [5, 5.41) is 0.837. The zero-order chi connectivity index (χ0) is 46.6. The summed E-state index contributed by atoms with van der Waals surface area (Å²) in [4.78, 5) is 4.82. The predicted octanol–water partition coefficient (Wildman–Crippen LogP) is 12.7. The number of aromatic nitrogens is 2. The quantitative estimate of drug-likeness (QED) is 0.173. The molecule has 50 heavy (non-hydrogen) atoms. The Balaban J connectivity index is 1.34. The van der Waals surface area contributed by atoms with Crippen molar-refractivity contribution in [1.29, 1.82) is 0 Å². The van der Waals surface area contributed by atoms with Crippen molar-refractivity contribution in [2.75, 3.05) is 0 Å². The van der Waals surface area contributed by atoms with Gasteiger partial charge in [-0.25, -0.2) is 4.98 Å². The maximum Gasteiger partial charge on any atom is 0.114 e. The first-order chi connectivity index (χ1) is 30.8. The van der Waals surface area contributed by atoms with Crippen molar-refractivity contribution in [3.8, 4) is 39.1 Å². The molecule has 8 aromatic carbocycles. The number of nitrogens with zero attached hydrogens (tertiary/aromatic N) is 2. The number of aryl methyl sites for hydroxylation is 1. The van der Waals surface area contributed by atoms with Gasteiger partial charge in [0.05, 0.1) is 31.6 Å². The third-order valence-electron chi connectivity index (χ3n) is 9.94. The average molecular weight is 656 g/mol. The van der Waals surface area contributed by atoms with E-state index in [2.05, 4.69) is 4.57 Å². The lowest BCUT2D eigenvalue weighted by atomic mass is 9.80. The van der Waals surface area contributed by atoms with E-state index in [9.17, 15) is 9.60 Å². The van der Waals surface area contributed by atoms with Crippen LogP contribution in [0.15, 0.2) is 151 Å². The minimum absolute atomic E-state index is 0.0175. The Morgan fingerprint density at radius 1 is 0.620 bits per heavy atom. The minimum Gasteiger partial charge on any atom is -0.296 e. The summed E-state index contributed by atoms with van der Waals surface area (Å²) < 4.78 is 139. The SMILES string of the molecule is [2H]c1c([2H])c([2H])c2c(c1[2H])-c1c([2H])c([2H])c(-c3c4c([2H])c([2H])c([2H])c([2H])c4c(-c4ccc5cc(-n6c(CC)nc7ccccc76)ccc5c4)c4c([2H])c([2H])c([2H])c([2H])c34)c([2H])c1C2(C)C. The molecule has 0 saturated heterocycles. The second kappa shape index (κ2) is 10.8. The van der Waals surface area contributed by atoms with E-state index < -0.39 is 90.0 Å². The van der Waals surface area contributed by atoms with Crippen LogP contribution in [-0.4, -0.2) is 9.55 Å². The second-order valence-electron chi connectivity index (χ2n) is 13.1. The molecular weight excluding hydrogens is 605 g/mol. The zero-order valence-corrected chi connectivity index (χ0v) is 27.4. The normalized spacial score (nSPS) is 17.5. The van der Waals surface area contributed by atoms with Gasteiger partial charge in [-0.15, -0.1) is 0 Å². The third-order valence-corrected chi connectivity index (χ3v) is 9.94.